The Morgan fingerprint density at radius 3 is 2.15 bits per heavy atom. The summed E-state index contributed by atoms with van der Waals surface area (Å²) in [6, 6.07) is 18.2. The molecule has 0 amide bonds. The lowest BCUT2D eigenvalue weighted by Gasteiger charge is -2.03. The molecule has 0 N–H and O–H groups in total. The largest absolute Gasteiger partial charge is 0.255 e. The molecule has 0 radical (unpaired) electrons. The van der Waals surface area contributed by atoms with Gasteiger partial charge in [-0.15, -0.1) is 0 Å². The minimum atomic E-state index is 0.799. The van der Waals surface area contributed by atoms with Crippen molar-refractivity contribution in [3.8, 4) is 11.4 Å². The number of aromatic nitrogens is 3. The molecule has 2 heterocycles. The van der Waals surface area contributed by atoms with Gasteiger partial charge in [0.25, 0.3) is 0 Å². The van der Waals surface area contributed by atoms with Crippen LogP contribution in [0.2, 0.25) is 0 Å². The normalized spacial score (nSPS) is 11.0. The summed E-state index contributed by atoms with van der Waals surface area (Å²) in [6.07, 6.45) is 3.54. The predicted molar refractivity (Wildman–Crippen MR) is 80.3 cm³/mol. The second-order valence-electron chi connectivity index (χ2n) is 4.66. The van der Waals surface area contributed by atoms with E-state index < -0.39 is 0 Å². The van der Waals surface area contributed by atoms with Crippen LogP contribution in [0.15, 0.2) is 67.0 Å². The van der Waals surface area contributed by atoms with Gasteiger partial charge in [0, 0.05) is 6.20 Å². The topological polar surface area (TPSA) is 38.7 Å². The highest BCUT2D eigenvalue weighted by Gasteiger charge is 2.04. The van der Waals surface area contributed by atoms with Gasteiger partial charge in [-0.25, -0.2) is 4.98 Å². The molecule has 0 aliphatic heterocycles. The van der Waals surface area contributed by atoms with Crippen molar-refractivity contribution < 1.29 is 0 Å². The quantitative estimate of drug-likeness (QED) is 0.486. The van der Waals surface area contributed by atoms with E-state index in [1.165, 1.54) is 10.8 Å². The van der Waals surface area contributed by atoms with E-state index in [0.29, 0.717) is 0 Å². The van der Waals surface area contributed by atoms with Crippen molar-refractivity contribution in [2.24, 2.45) is 0 Å². The lowest BCUT2D eigenvalue weighted by atomic mass is 10.1. The van der Waals surface area contributed by atoms with Crippen molar-refractivity contribution in [1.29, 1.82) is 0 Å². The highest BCUT2D eigenvalue weighted by atomic mass is 14.8. The van der Waals surface area contributed by atoms with E-state index in [2.05, 4.69) is 39.2 Å². The van der Waals surface area contributed by atoms with Crippen molar-refractivity contribution >= 4 is 21.8 Å². The summed E-state index contributed by atoms with van der Waals surface area (Å²) >= 11 is 0. The van der Waals surface area contributed by atoms with E-state index in [9.17, 15) is 0 Å². The van der Waals surface area contributed by atoms with Crippen molar-refractivity contribution in [1.82, 2.24) is 15.0 Å². The number of nitrogens with zero attached hydrogens (tertiary/aromatic N) is 3. The van der Waals surface area contributed by atoms with E-state index in [1.54, 1.807) is 12.4 Å². The van der Waals surface area contributed by atoms with Crippen molar-refractivity contribution in [3.05, 3.63) is 67.0 Å². The summed E-state index contributed by atoms with van der Waals surface area (Å²) in [5.41, 5.74) is 3.44. The van der Waals surface area contributed by atoms with E-state index >= 15 is 0 Å². The van der Waals surface area contributed by atoms with Gasteiger partial charge in [0.1, 0.15) is 5.69 Å². The minimum absolute atomic E-state index is 0.799. The van der Waals surface area contributed by atoms with Crippen molar-refractivity contribution in [2.45, 2.75) is 0 Å². The summed E-state index contributed by atoms with van der Waals surface area (Å²) in [7, 11) is 0. The van der Waals surface area contributed by atoms with Crippen LogP contribution >= 0.6 is 0 Å². The molecule has 4 rings (SSSR count). The molecular formula is C17H11N3. The van der Waals surface area contributed by atoms with Crippen LogP contribution in [-0.4, -0.2) is 15.0 Å². The van der Waals surface area contributed by atoms with Gasteiger partial charge < -0.3 is 0 Å². The van der Waals surface area contributed by atoms with Crippen LogP contribution in [0.5, 0.6) is 0 Å². The van der Waals surface area contributed by atoms with Crippen molar-refractivity contribution in [3.63, 3.8) is 0 Å². The van der Waals surface area contributed by atoms with Gasteiger partial charge in [0.05, 0.1) is 22.9 Å². The molecule has 20 heavy (non-hydrogen) atoms. The minimum Gasteiger partial charge on any atom is -0.255 e. The summed E-state index contributed by atoms with van der Waals surface area (Å²) in [5, 5.41) is 2.35. The maximum absolute atomic E-state index is 4.67. The Hall–Kier alpha value is -2.81. The fourth-order valence-electron chi connectivity index (χ4n) is 2.34. The second kappa shape index (κ2) is 4.38. The Bertz CT molecular complexity index is 901. The molecular weight excluding hydrogens is 246 g/mol. The second-order valence-corrected chi connectivity index (χ2v) is 4.66. The standard InChI is InChI=1S/C17H11N3/c1-2-6-13-10-16-15(9-12(13)5-1)19-11-17(20-16)14-7-3-4-8-18-14/h1-11H. The fourth-order valence-corrected chi connectivity index (χ4v) is 2.34. The zero-order chi connectivity index (χ0) is 13.4. The van der Waals surface area contributed by atoms with Gasteiger partial charge in [-0.05, 0) is 35.0 Å². The fraction of sp³-hybridized carbons (Fsp3) is 0. The Morgan fingerprint density at radius 1 is 0.650 bits per heavy atom. The van der Waals surface area contributed by atoms with Gasteiger partial charge in [-0.3, -0.25) is 9.97 Å². The molecule has 0 fully saturated rings. The molecule has 2 aromatic carbocycles. The smallest absolute Gasteiger partial charge is 0.108 e. The summed E-state index contributed by atoms with van der Waals surface area (Å²) in [4.78, 5) is 13.5. The van der Waals surface area contributed by atoms with Crippen LogP contribution in [0, 0.1) is 0 Å². The first-order valence-electron chi connectivity index (χ1n) is 6.47. The highest BCUT2D eigenvalue weighted by molar-refractivity contribution is 5.95. The number of fused-ring (bicyclic) bond motifs is 2. The molecule has 0 spiro atoms. The summed E-state index contributed by atoms with van der Waals surface area (Å²) in [6.45, 7) is 0. The summed E-state index contributed by atoms with van der Waals surface area (Å²) in [5.74, 6) is 0. The molecule has 94 valence electrons. The van der Waals surface area contributed by atoms with E-state index in [-0.39, 0.29) is 0 Å². The van der Waals surface area contributed by atoms with Gasteiger partial charge in [0.15, 0.2) is 0 Å². The molecule has 2 aromatic heterocycles. The maximum Gasteiger partial charge on any atom is 0.108 e. The monoisotopic (exact) mass is 257 g/mol. The van der Waals surface area contributed by atoms with Crippen molar-refractivity contribution in [2.75, 3.05) is 0 Å². The third-order valence-electron chi connectivity index (χ3n) is 3.34. The zero-order valence-electron chi connectivity index (χ0n) is 10.7. The molecule has 0 unspecified atom stereocenters. The molecule has 4 aromatic rings. The Morgan fingerprint density at radius 2 is 1.40 bits per heavy atom. The number of rotatable bonds is 1. The molecule has 0 aliphatic carbocycles. The molecule has 0 saturated carbocycles. The van der Waals surface area contributed by atoms with E-state index in [1.807, 2.05) is 30.3 Å². The SMILES string of the molecule is c1ccc(-c2cnc3cc4ccccc4cc3n2)nc1. The van der Waals surface area contributed by atoms with Gasteiger partial charge in [-0.1, -0.05) is 30.3 Å². The summed E-state index contributed by atoms with van der Waals surface area (Å²) < 4.78 is 0. The average Bonchev–Trinajstić information content (AvgIpc) is 2.53. The van der Waals surface area contributed by atoms with Gasteiger partial charge in [0.2, 0.25) is 0 Å². The molecule has 3 nitrogen and oxygen atoms in total. The lowest BCUT2D eigenvalue weighted by Crippen LogP contribution is -1.90. The Balaban J connectivity index is 1.97. The predicted octanol–water partition coefficient (Wildman–Crippen LogP) is 3.85. The average molecular weight is 257 g/mol. The first-order valence-corrected chi connectivity index (χ1v) is 6.47. The number of hydrogen-bond acceptors (Lipinski definition) is 3. The first kappa shape index (κ1) is 11.1. The van der Waals surface area contributed by atoms with Crippen LogP contribution in [-0.2, 0) is 0 Å². The van der Waals surface area contributed by atoms with Crippen LogP contribution in [0.1, 0.15) is 0 Å². The Labute approximate surface area is 116 Å². The van der Waals surface area contributed by atoms with Crippen LogP contribution in [0.3, 0.4) is 0 Å². The zero-order valence-corrected chi connectivity index (χ0v) is 10.7. The molecule has 0 saturated heterocycles. The first-order chi connectivity index (χ1) is 9.90. The lowest BCUT2D eigenvalue weighted by molar-refractivity contribution is 1.24. The van der Waals surface area contributed by atoms with Gasteiger partial charge >= 0.3 is 0 Å². The maximum atomic E-state index is 4.67. The van der Waals surface area contributed by atoms with Crippen LogP contribution in [0.25, 0.3) is 33.2 Å². The van der Waals surface area contributed by atoms with Gasteiger partial charge in [-0.2, -0.15) is 0 Å². The number of pyridine rings is 1. The molecule has 3 heteroatoms. The molecule has 0 atom stereocenters. The third-order valence-corrected chi connectivity index (χ3v) is 3.34. The van der Waals surface area contributed by atoms with Crippen LogP contribution in [0.4, 0.5) is 0 Å². The molecule has 0 aliphatic rings. The number of hydrogen-bond donors (Lipinski definition) is 0. The van der Waals surface area contributed by atoms with E-state index in [0.717, 1.165) is 22.4 Å². The highest BCUT2D eigenvalue weighted by Crippen LogP contribution is 2.22. The van der Waals surface area contributed by atoms with E-state index in [4.69, 9.17) is 0 Å². The third kappa shape index (κ3) is 1.80. The Kier molecular flexibility index (Phi) is 2.42. The van der Waals surface area contributed by atoms with Crippen LogP contribution < -0.4 is 0 Å². The molecule has 0 bridgehead atoms. The number of benzene rings is 2.